The second-order valence-electron chi connectivity index (χ2n) is 8.64. The van der Waals surface area contributed by atoms with Crippen molar-refractivity contribution >= 4 is 11.8 Å². The number of hydrogen-bond acceptors (Lipinski definition) is 5. The van der Waals surface area contributed by atoms with Crippen LogP contribution in [0.2, 0.25) is 0 Å². The van der Waals surface area contributed by atoms with Gasteiger partial charge in [0.25, 0.3) is 0 Å². The van der Waals surface area contributed by atoms with Gasteiger partial charge in [-0.25, -0.2) is 19.2 Å². The van der Waals surface area contributed by atoms with Gasteiger partial charge in [-0.1, -0.05) is 30.3 Å². The van der Waals surface area contributed by atoms with Crippen LogP contribution in [0.15, 0.2) is 48.5 Å². The molecule has 0 aromatic heterocycles. The number of carbonyl (C=O) groups excluding carboxylic acids is 2. The number of benzene rings is 2. The smallest absolute Gasteiger partial charge is 0.226 e. The molecule has 0 spiro atoms. The van der Waals surface area contributed by atoms with Gasteiger partial charge in [0.15, 0.2) is 0 Å². The largest absolute Gasteiger partial charge is 0.352 e. The Balaban J connectivity index is 1.28. The van der Waals surface area contributed by atoms with Crippen LogP contribution in [0.25, 0.3) is 0 Å². The first-order valence-corrected chi connectivity index (χ1v) is 10.9. The highest BCUT2D eigenvalue weighted by Crippen LogP contribution is 2.38. The summed E-state index contributed by atoms with van der Waals surface area (Å²) < 4.78 is 27.6. The van der Waals surface area contributed by atoms with Crippen LogP contribution in [0.3, 0.4) is 0 Å². The molecular formula is C23H25F2N5O2. The van der Waals surface area contributed by atoms with Crippen molar-refractivity contribution in [3.8, 4) is 0 Å². The van der Waals surface area contributed by atoms with E-state index in [1.807, 2.05) is 11.1 Å². The lowest BCUT2D eigenvalue weighted by atomic mass is 9.75. The fraction of sp³-hybridized carbons (Fsp3) is 0.391. The van der Waals surface area contributed by atoms with Gasteiger partial charge in [-0.2, -0.15) is 5.53 Å². The van der Waals surface area contributed by atoms with Crippen LogP contribution in [-0.2, 0) is 16.1 Å². The molecule has 32 heavy (non-hydrogen) atoms. The number of fused-ring (bicyclic) bond motifs is 3. The summed E-state index contributed by atoms with van der Waals surface area (Å²) >= 11 is 0. The second kappa shape index (κ2) is 8.57. The first kappa shape index (κ1) is 21.0. The van der Waals surface area contributed by atoms with Crippen LogP contribution in [0.1, 0.15) is 36.4 Å². The topological polar surface area (TPSA) is 85.5 Å². The summed E-state index contributed by atoms with van der Waals surface area (Å²) in [5.41, 5.74) is 7.44. The van der Waals surface area contributed by atoms with Crippen molar-refractivity contribution in [1.29, 1.82) is 0 Å². The highest BCUT2D eigenvalue weighted by molar-refractivity contribution is 5.83. The van der Waals surface area contributed by atoms with Crippen LogP contribution in [0.5, 0.6) is 0 Å². The summed E-state index contributed by atoms with van der Waals surface area (Å²) in [5, 5.41) is 7.82. The predicted molar refractivity (Wildman–Crippen MR) is 112 cm³/mol. The number of nitrogens with zero attached hydrogens (tertiary/aromatic N) is 1. The molecule has 5 atom stereocenters. The fourth-order valence-corrected chi connectivity index (χ4v) is 5.08. The SMILES string of the molecule is O=C(NCc1ccccc1F)C1CCC2C(=O)NC3C(c4cccc(F)c4)NNN3C2C1. The van der Waals surface area contributed by atoms with Crippen LogP contribution < -0.4 is 21.6 Å². The maximum Gasteiger partial charge on any atom is 0.226 e. The molecule has 2 amide bonds. The maximum absolute atomic E-state index is 13.9. The van der Waals surface area contributed by atoms with Crippen molar-refractivity contribution in [2.75, 3.05) is 0 Å². The van der Waals surface area contributed by atoms with Gasteiger partial charge >= 0.3 is 0 Å². The average Bonchev–Trinajstić information content (AvgIpc) is 3.22. The molecule has 0 bridgehead atoms. The van der Waals surface area contributed by atoms with E-state index in [1.54, 1.807) is 24.3 Å². The van der Waals surface area contributed by atoms with Crippen molar-refractivity contribution in [1.82, 2.24) is 26.6 Å². The Bertz CT molecular complexity index is 1030. The van der Waals surface area contributed by atoms with Gasteiger partial charge in [0.05, 0.1) is 12.0 Å². The summed E-state index contributed by atoms with van der Waals surface area (Å²) in [6.45, 7) is 0.129. The van der Waals surface area contributed by atoms with Crippen LogP contribution in [0.4, 0.5) is 8.78 Å². The van der Waals surface area contributed by atoms with Crippen LogP contribution in [0, 0.1) is 23.5 Å². The molecule has 9 heteroatoms. The zero-order valence-corrected chi connectivity index (χ0v) is 17.4. The molecule has 2 saturated heterocycles. The van der Waals surface area contributed by atoms with E-state index in [4.69, 9.17) is 0 Å². The third-order valence-corrected chi connectivity index (χ3v) is 6.75. The van der Waals surface area contributed by atoms with E-state index in [2.05, 4.69) is 21.6 Å². The summed E-state index contributed by atoms with van der Waals surface area (Å²) in [7, 11) is 0. The highest BCUT2D eigenvalue weighted by atomic mass is 19.1. The quantitative estimate of drug-likeness (QED) is 0.582. The van der Waals surface area contributed by atoms with E-state index >= 15 is 0 Å². The van der Waals surface area contributed by atoms with E-state index in [9.17, 15) is 18.4 Å². The van der Waals surface area contributed by atoms with Crippen molar-refractivity contribution in [2.45, 2.75) is 44.1 Å². The van der Waals surface area contributed by atoms with Gasteiger partial charge in [0.1, 0.15) is 17.8 Å². The van der Waals surface area contributed by atoms with E-state index in [0.29, 0.717) is 24.8 Å². The Morgan fingerprint density at radius 3 is 2.78 bits per heavy atom. The monoisotopic (exact) mass is 441 g/mol. The van der Waals surface area contributed by atoms with E-state index in [-0.39, 0.29) is 53.9 Å². The number of hydrazine groups is 2. The van der Waals surface area contributed by atoms with E-state index in [1.165, 1.54) is 18.2 Å². The minimum atomic E-state index is -0.397. The third kappa shape index (κ3) is 3.87. The Labute approximate surface area is 184 Å². The average molecular weight is 441 g/mol. The third-order valence-electron chi connectivity index (χ3n) is 6.75. The Kier molecular flexibility index (Phi) is 5.62. The zero-order chi connectivity index (χ0) is 22.2. The maximum atomic E-state index is 13.9. The molecule has 5 rings (SSSR count). The van der Waals surface area contributed by atoms with Crippen molar-refractivity contribution in [3.63, 3.8) is 0 Å². The number of halogens is 2. The minimum absolute atomic E-state index is 0.0478. The van der Waals surface area contributed by atoms with E-state index in [0.717, 1.165) is 5.56 Å². The van der Waals surface area contributed by atoms with Crippen molar-refractivity contribution < 1.29 is 18.4 Å². The summed E-state index contributed by atoms with van der Waals surface area (Å²) in [6, 6.07) is 12.1. The van der Waals surface area contributed by atoms with Gasteiger partial charge in [0.2, 0.25) is 11.8 Å². The molecular weight excluding hydrogens is 416 g/mol. The van der Waals surface area contributed by atoms with E-state index < -0.39 is 6.17 Å². The lowest BCUT2D eigenvalue weighted by Gasteiger charge is -2.46. The lowest BCUT2D eigenvalue weighted by Crippen LogP contribution is -2.65. The molecule has 3 fully saturated rings. The highest BCUT2D eigenvalue weighted by Gasteiger charge is 2.51. The molecule has 3 aliphatic rings. The predicted octanol–water partition coefficient (Wildman–Crippen LogP) is 1.89. The summed E-state index contributed by atoms with van der Waals surface area (Å²) in [5.74, 6) is -1.38. The molecule has 2 aliphatic heterocycles. The Morgan fingerprint density at radius 1 is 1.12 bits per heavy atom. The molecule has 1 aliphatic carbocycles. The number of nitrogens with one attached hydrogen (secondary N) is 4. The molecule has 5 unspecified atom stereocenters. The first-order valence-electron chi connectivity index (χ1n) is 10.9. The molecule has 2 aromatic carbocycles. The molecule has 2 aromatic rings. The van der Waals surface area contributed by atoms with Gasteiger partial charge in [-0.15, -0.1) is 0 Å². The molecule has 1 saturated carbocycles. The van der Waals surface area contributed by atoms with Crippen molar-refractivity contribution in [2.24, 2.45) is 11.8 Å². The van der Waals surface area contributed by atoms with Gasteiger partial charge in [-0.3, -0.25) is 9.59 Å². The zero-order valence-electron chi connectivity index (χ0n) is 17.4. The standard InChI is InChI=1S/C23H25F2N5O2/c24-16-6-3-5-13(10-16)20-21-27-23(32)17-9-8-14(11-19(17)30(21)29-28-20)22(31)26-12-15-4-1-2-7-18(15)25/h1-7,10,14,17,19-21,28-29H,8-9,11-12H2,(H,26,31)(H,27,32). The minimum Gasteiger partial charge on any atom is -0.352 e. The molecule has 2 heterocycles. The molecule has 0 radical (unpaired) electrons. The normalized spacial score (nSPS) is 29.7. The van der Waals surface area contributed by atoms with Crippen LogP contribution in [-0.4, -0.2) is 29.0 Å². The number of carbonyl (C=O) groups is 2. The van der Waals surface area contributed by atoms with Gasteiger partial charge in [0, 0.05) is 24.1 Å². The summed E-state index contributed by atoms with van der Waals surface area (Å²) in [4.78, 5) is 25.7. The van der Waals surface area contributed by atoms with Crippen LogP contribution >= 0.6 is 0 Å². The second-order valence-corrected chi connectivity index (χ2v) is 8.64. The lowest BCUT2D eigenvalue weighted by molar-refractivity contribution is -0.143. The number of hydrogen-bond donors (Lipinski definition) is 4. The number of rotatable bonds is 4. The fourth-order valence-electron chi connectivity index (χ4n) is 5.08. The molecule has 7 nitrogen and oxygen atoms in total. The Hall–Kier alpha value is -2.88. The van der Waals surface area contributed by atoms with Gasteiger partial charge in [-0.05, 0) is 43.0 Å². The van der Waals surface area contributed by atoms with Gasteiger partial charge < -0.3 is 10.6 Å². The summed E-state index contributed by atoms with van der Waals surface area (Å²) in [6.07, 6.45) is 1.29. The molecule has 168 valence electrons. The van der Waals surface area contributed by atoms with Crippen molar-refractivity contribution in [3.05, 3.63) is 71.3 Å². The number of amides is 2. The first-order chi connectivity index (χ1) is 15.5. The molecule has 4 N–H and O–H groups in total. The Morgan fingerprint density at radius 2 is 1.97 bits per heavy atom.